The average Bonchev–Trinajstić information content (AvgIpc) is 3.15. The molecule has 1 aliphatic heterocycles. The highest BCUT2D eigenvalue weighted by Gasteiger charge is 2.26. The van der Waals surface area contributed by atoms with E-state index in [4.69, 9.17) is 16.0 Å². The molecule has 1 aromatic carbocycles. The van der Waals surface area contributed by atoms with Crippen LogP contribution in [0.2, 0.25) is 5.02 Å². The summed E-state index contributed by atoms with van der Waals surface area (Å²) in [7, 11) is -0.862. The second-order valence-electron chi connectivity index (χ2n) is 6.58. The predicted octanol–water partition coefficient (Wildman–Crippen LogP) is 2.14. The Morgan fingerprint density at radius 1 is 1.19 bits per heavy atom. The summed E-state index contributed by atoms with van der Waals surface area (Å²) in [6.45, 7) is 3.29. The van der Waals surface area contributed by atoms with Gasteiger partial charge in [-0.25, -0.2) is 12.7 Å². The molecule has 3 rings (SSSR count). The molecule has 9 heteroatoms. The molecule has 0 bridgehead atoms. The Morgan fingerprint density at radius 2 is 1.89 bits per heavy atom. The minimum atomic E-state index is -3.72. The summed E-state index contributed by atoms with van der Waals surface area (Å²) in [6.07, 6.45) is 1.65. The average molecular weight is 412 g/mol. The normalized spacial score (nSPS) is 16.1. The Hall–Kier alpha value is -1.87. The Kier molecular flexibility index (Phi) is 5.90. The zero-order valence-electron chi connectivity index (χ0n) is 15.3. The molecule has 0 radical (unpaired) electrons. The first-order chi connectivity index (χ1) is 12.8. The maximum atomic E-state index is 12.8. The summed E-state index contributed by atoms with van der Waals surface area (Å²) in [5, 5.41) is 0.100. The van der Waals surface area contributed by atoms with Crippen LogP contribution in [0.4, 0.5) is 0 Å². The lowest BCUT2D eigenvalue weighted by Gasteiger charge is -2.34. The standard InChI is InChI=1S/C18H22ClN3O4S/c1-20(2)27(24,25)17-12-14(5-6-16(17)19)18(23)22-9-7-21(8-10-22)13-15-4-3-11-26-15/h3-6,11-12H,7-10,13H2,1-2H3. The molecule has 0 unspecified atom stereocenters. The van der Waals surface area contributed by atoms with E-state index in [1.807, 2.05) is 12.1 Å². The number of amides is 1. The van der Waals surface area contributed by atoms with Crippen LogP contribution >= 0.6 is 11.6 Å². The maximum absolute atomic E-state index is 12.8. The van der Waals surface area contributed by atoms with E-state index >= 15 is 0 Å². The molecule has 1 aromatic heterocycles. The van der Waals surface area contributed by atoms with E-state index in [2.05, 4.69) is 4.90 Å². The summed E-state index contributed by atoms with van der Waals surface area (Å²) >= 11 is 6.06. The number of hydrogen-bond acceptors (Lipinski definition) is 5. The van der Waals surface area contributed by atoms with Crippen molar-refractivity contribution in [1.29, 1.82) is 0 Å². The molecular formula is C18H22ClN3O4S. The summed E-state index contributed by atoms with van der Waals surface area (Å²) in [4.78, 5) is 16.7. The topological polar surface area (TPSA) is 74.1 Å². The van der Waals surface area contributed by atoms with Crippen LogP contribution in [0.25, 0.3) is 0 Å². The monoisotopic (exact) mass is 411 g/mol. The van der Waals surface area contributed by atoms with Crippen molar-refractivity contribution in [2.24, 2.45) is 0 Å². The van der Waals surface area contributed by atoms with E-state index in [0.717, 1.165) is 23.2 Å². The first kappa shape index (κ1) is 19.9. The zero-order chi connectivity index (χ0) is 19.6. The van der Waals surface area contributed by atoms with Crippen LogP contribution in [0, 0.1) is 0 Å². The van der Waals surface area contributed by atoms with Gasteiger partial charge in [0.25, 0.3) is 5.91 Å². The second-order valence-corrected chi connectivity index (χ2v) is 9.11. The number of carbonyl (C=O) groups excluding carboxylic acids is 1. The maximum Gasteiger partial charge on any atom is 0.253 e. The fraction of sp³-hybridized carbons (Fsp3) is 0.389. The van der Waals surface area contributed by atoms with Crippen LogP contribution < -0.4 is 0 Å². The molecule has 2 aromatic rings. The van der Waals surface area contributed by atoms with Crippen molar-refractivity contribution in [3.05, 3.63) is 52.9 Å². The van der Waals surface area contributed by atoms with Gasteiger partial charge in [0.15, 0.2) is 0 Å². The van der Waals surface area contributed by atoms with E-state index in [1.165, 1.54) is 26.2 Å². The third-order valence-electron chi connectivity index (χ3n) is 4.56. The lowest BCUT2D eigenvalue weighted by atomic mass is 10.2. The molecule has 0 spiro atoms. The van der Waals surface area contributed by atoms with Gasteiger partial charge in [0.1, 0.15) is 10.7 Å². The molecule has 146 valence electrons. The van der Waals surface area contributed by atoms with Crippen molar-refractivity contribution >= 4 is 27.5 Å². The first-order valence-corrected chi connectivity index (χ1v) is 10.4. The fourth-order valence-electron chi connectivity index (χ4n) is 2.95. The van der Waals surface area contributed by atoms with E-state index in [-0.39, 0.29) is 15.8 Å². The van der Waals surface area contributed by atoms with Gasteiger partial charge in [-0.2, -0.15) is 0 Å². The van der Waals surface area contributed by atoms with E-state index < -0.39 is 10.0 Å². The lowest BCUT2D eigenvalue weighted by Crippen LogP contribution is -2.48. The lowest BCUT2D eigenvalue weighted by molar-refractivity contribution is 0.0620. The number of rotatable bonds is 5. The number of benzene rings is 1. The highest BCUT2D eigenvalue weighted by molar-refractivity contribution is 7.89. The molecule has 0 N–H and O–H groups in total. The van der Waals surface area contributed by atoms with Gasteiger partial charge in [-0.15, -0.1) is 0 Å². The minimum Gasteiger partial charge on any atom is -0.468 e. The molecule has 1 fully saturated rings. The molecule has 1 saturated heterocycles. The van der Waals surface area contributed by atoms with Crippen molar-refractivity contribution in [3.63, 3.8) is 0 Å². The molecule has 0 atom stereocenters. The van der Waals surface area contributed by atoms with Gasteiger partial charge in [0, 0.05) is 45.8 Å². The number of sulfonamides is 1. The van der Waals surface area contributed by atoms with Gasteiger partial charge in [0.05, 0.1) is 17.8 Å². The van der Waals surface area contributed by atoms with Crippen LogP contribution in [0.15, 0.2) is 45.9 Å². The number of hydrogen-bond donors (Lipinski definition) is 0. The zero-order valence-corrected chi connectivity index (χ0v) is 16.8. The third-order valence-corrected chi connectivity index (χ3v) is 6.85. The number of furan rings is 1. The van der Waals surface area contributed by atoms with E-state index in [9.17, 15) is 13.2 Å². The van der Waals surface area contributed by atoms with Crippen molar-refractivity contribution in [1.82, 2.24) is 14.1 Å². The van der Waals surface area contributed by atoms with Crippen LogP contribution in [0.3, 0.4) is 0 Å². The summed E-state index contributed by atoms with van der Waals surface area (Å²) in [5.74, 6) is 0.700. The Balaban J connectivity index is 1.70. The summed E-state index contributed by atoms with van der Waals surface area (Å²) in [5.41, 5.74) is 0.319. The van der Waals surface area contributed by atoms with Gasteiger partial charge in [-0.05, 0) is 30.3 Å². The Bertz CT molecular complexity index is 905. The van der Waals surface area contributed by atoms with Crippen LogP contribution in [-0.2, 0) is 16.6 Å². The number of piperazine rings is 1. The molecule has 2 heterocycles. The van der Waals surface area contributed by atoms with Crippen LogP contribution in [0.1, 0.15) is 16.1 Å². The molecular weight excluding hydrogens is 390 g/mol. The molecule has 1 aliphatic rings. The van der Waals surface area contributed by atoms with Crippen molar-refractivity contribution in [2.45, 2.75) is 11.4 Å². The van der Waals surface area contributed by atoms with Gasteiger partial charge in [-0.1, -0.05) is 11.6 Å². The van der Waals surface area contributed by atoms with Crippen molar-refractivity contribution in [2.75, 3.05) is 40.3 Å². The minimum absolute atomic E-state index is 0.0588. The number of halogens is 1. The number of carbonyl (C=O) groups is 1. The largest absolute Gasteiger partial charge is 0.468 e. The molecule has 0 aliphatic carbocycles. The van der Waals surface area contributed by atoms with Crippen molar-refractivity contribution < 1.29 is 17.6 Å². The smallest absolute Gasteiger partial charge is 0.253 e. The van der Waals surface area contributed by atoms with Crippen LogP contribution in [0.5, 0.6) is 0 Å². The van der Waals surface area contributed by atoms with Gasteiger partial charge in [0.2, 0.25) is 10.0 Å². The second kappa shape index (κ2) is 8.02. The number of nitrogens with zero attached hydrogens (tertiary/aromatic N) is 3. The molecule has 0 saturated carbocycles. The van der Waals surface area contributed by atoms with Gasteiger partial charge in [-0.3, -0.25) is 9.69 Å². The quantitative estimate of drug-likeness (QED) is 0.753. The van der Waals surface area contributed by atoms with Gasteiger partial charge >= 0.3 is 0 Å². The van der Waals surface area contributed by atoms with Gasteiger partial charge < -0.3 is 9.32 Å². The molecule has 7 nitrogen and oxygen atoms in total. The Labute approximate surface area is 164 Å². The summed E-state index contributed by atoms with van der Waals surface area (Å²) < 4.78 is 31.2. The fourth-order valence-corrected chi connectivity index (χ4v) is 4.34. The van der Waals surface area contributed by atoms with Crippen molar-refractivity contribution in [3.8, 4) is 0 Å². The highest BCUT2D eigenvalue weighted by Crippen LogP contribution is 2.25. The van der Waals surface area contributed by atoms with E-state index in [1.54, 1.807) is 17.2 Å². The summed E-state index contributed by atoms with van der Waals surface area (Å²) in [6, 6.07) is 8.16. The molecule has 1 amide bonds. The third kappa shape index (κ3) is 4.35. The van der Waals surface area contributed by atoms with E-state index in [0.29, 0.717) is 25.2 Å². The predicted molar refractivity (Wildman–Crippen MR) is 102 cm³/mol. The molecule has 27 heavy (non-hydrogen) atoms. The Morgan fingerprint density at radius 3 is 2.48 bits per heavy atom. The first-order valence-electron chi connectivity index (χ1n) is 8.55. The highest BCUT2D eigenvalue weighted by atomic mass is 35.5. The van der Waals surface area contributed by atoms with Crippen LogP contribution in [-0.4, -0.2) is 68.7 Å². The SMILES string of the molecule is CN(C)S(=O)(=O)c1cc(C(=O)N2CCN(Cc3ccco3)CC2)ccc1Cl.